The minimum atomic E-state index is -0.840. The molecule has 0 fully saturated rings. The average molecular weight is 295 g/mol. The lowest BCUT2D eigenvalue weighted by molar-refractivity contribution is 0.0325. The molecule has 0 spiro atoms. The van der Waals surface area contributed by atoms with E-state index < -0.39 is 5.60 Å². The van der Waals surface area contributed by atoms with Gasteiger partial charge in [-0.1, -0.05) is 35.0 Å². The van der Waals surface area contributed by atoms with Crippen LogP contribution in [0.3, 0.4) is 0 Å². The van der Waals surface area contributed by atoms with E-state index in [0.717, 1.165) is 15.6 Å². The van der Waals surface area contributed by atoms with Crippen molar-refractivity contribution < 1.29 is 9.52 Å². The van der Waals surface area contributed by atoms with Crippen LogP contribution in [0.1, 0.15) is 24.5 Å². The molecule has 0 saturated heterocycles. The molecule has 1 atom stereocenters. The Labute approximate surface area is 109 Å². The van der Waals surface area contributed by atoms with E-state index in [4.69, 9.17) is 4.42 Å². The van der Waals surface area contributed by atoms with Gasteiger partial charge in [-0.3, -0.25) is 0 Å². The van der Waals surface area contributed by atoms with Crippen molar-refractivity contribution >= 4 is 15.9 Å². The van der Waals surface area contributed by atoms with Gasteiger partial charge in [-0.2, -0.15) is 0 Å². The number of furan rings is 1. The van der Waals surface area contributed by atoms with Crippen LogP contribution < -0.4 is 0 Å². The van der Waals surface area contributed by atoms with Crippen LogP contribution in [0.2, 0.25) is 0 Å². The Morgan fingerprint density at radius 3 is 2.76 bits per heavy atom. The molecule has 2 nitrogen and oxygen atoms in total. The van der Waals surface area contributed by atoms with E-state index in [9.17, 15) is 5.11 Å². The summed E-state index contributed by atoms with van der Waals surface area (Å²) in [7, 11) is 0. The highest BCUT2D eigenvalue weighted by Crippen LogP contribution is 2.30. The SMILES string of the molecule is CCC(O)(Cc1ccoc1)c1cccc(Br)c1. The summed E-state index contributed by atoms with van der Waals surface area (Å²) >= 11 is 3.43. The molecular formula is C14H15BrO2. The zero-order valence-corrected chi connectivity index (χ0v) is 11.3. The van der Waals surface area contributed by atoms with Crippen LogP contribution in [-0.4, -0.2) is 5.11 Å². The Balaban J connectivity index is 2.30. The van der Waals surface area contributed by atoms with E-state index in [1.807, 2.05) is 37.3 Å². The van der Waals surface area contributed by atoms with E-state index in [1.54, 1.807) is 12.5 Å². The second kappa shape index (κ2) is 5.07. The van der Waals surface area contributed by atoms with Gasteiger partial charge in [-0.15, -0.1) is 0 Å². The van der Waals surface area contributed by atoms with Crippen LogP contribution in [0, 0.1) is 0 Å². The second-order valence-electron chi connectivity index (χ2n) is 4.20. The van der Waals surface area contributed by atoms with Gasteiger partial charge in [0.05, 0.1) is 18.1 Å². The van der Waals surface area contributed by atoms with Crippen LogP contribution in [0.4, 0.5) is 0 Å². The summed E-state index contributed by atoms with van der Waals surface area (Å²) in [6.45, 7) is 1.99. The van der Waals surface area contributed by atoms with E-state index >= 15 is 0 Å². The summed E-state index contributed by atoms with van der Waals surface area (Å²) in [6.07, 6.45) is 4.54. The minimum Gasteiger partial charge on any atom is -0.472 e. The fourth-order valence-corrected chi connectivity index (χ4v) is 2.34. The molecule has 3 heteroatoms. The van der Waals surface area contributed by atoms with Crippen molar-refractivity contribution in [3.63, 3.8) is 0 Å². The first-order valence-corrected chi connectivity index (χ1v) is 6.43. The molecule has 1 heterocycles. The number of benzene rings is 1. The molecule has 0 aliphatic heterocycles. The molecule has 17 heavy (non-hydrogen) atoms. The highest BCUT2D eigenvalue weighted by atomic mass is 79.9. The van der Waals surface area contributed by atoms with E-state index in [2.05, 4.69) is 15.9 Å². The number of aliphatic hydroxyl groups is 1. The average Bonchev–Trinajstić information content (AvgIpc) is 2.81. The zero-order valence-electron chi connectivity index (χ0n) is 9.69. The molecule has 0 radical (unpaired) electrons. The maximum atomic E-state index is 10.7. The molecule has 90 valence electrons. The molecule has 2 aromatic rings. The molecule has 0 aliphatic rings. The molecular weight excluding hydrogens is 280 g/mol. The monoisotopic (exact) mass is 294 g/mol. The second-order valence-corrected chi connectivity index (χ2v) is 5.12. The largest absolute Gasteiger partial charge is 0.472 e. The maximum absolute atomic E-state index is 10.7. The van der Waals surface area contributed by atoms with Crippen molar-refractivity contribution in [2.75, 3.05) is 0 Å². The van der Waals surface area contributed by atoms with E-state index in [1.165, 1.54) is 0 Å². The van der Waals surface area contributed by atoms with Crippen molar-refractivity contribution in [1.82, 2.24) is 0 Å². The third-order valence-corrected chi connectivity index (χ3v) is 3.52. The first-order valence-electron chi connectivity index (χ1n) is 5.63. The summed E-state index contributed by atoms with van der Waals surface area (Å²) < 4.78 is 6.02. The van der Waals surface area contributed by atoms with Gasteiger partial charge in [0.25, 0.3) is 0 Å². The third kappa shape index (κ3) is 2.79. The summed E-state index contributed by atoms with van der Waals surface area (Å²) in [5.41, 5.74) is 1.10. The van der Waals surface area contributed by atoms with Gasteiger partial charge < -0.3 is 9.52 Å². The lowest BCUT2D eigenvalue weighted by Gasteiger charge is -2.27. The summed E-state index contributed by atoms with van der Waals surface area (Å²) in [5.74, 6) is 0. The third-order valence-electron chi connectivity index (χ3n) is 3.02. The van der Waals surface area contributed by atoms with E-state index in [-0.39, 0.29) is 0 Å². The zero-order chi connectivity index (χ0) is 12.3. The maximum Gasteiger partial charge on any atom is 0.0935 e. The van der Waals surface area contributed by atoms with Crippen LogP contribution in [-0.2, 0) is 12.0 Å². The Bertz CT molecular complexity index is 479. The Morgan fingerprint density at radius 1 is 1.35 bits per heavy atom. The predicted molar refractivity (Wildman–Crippen MR) is 70.7 cm³/mol. The number of hydrogen-bond donors (Lipinski definition) is 1. The molecule has 0 bridgehead atoms. The molecule has 0 amide bonds. The highest BCUT2D eigenvalue weighted by molar-refractivity contribution is 9.10. The quantitative estimate of drug-likeness (QED) is 0.928. The molecule has 0 saturated carbocycles. The van der Waals surface area contributed by atoms with Crippen molar-refractivity contribution in [2.45, 2.75) is 25.4 Å². The fourth-order valence-electron chi connectivity index (χ4n) is 1.94. The highest BCUT2D eigenvalue weighted by Gasteiger charge is 2.28. The van der Waals surface area contributed by atoms with Gasteiger partial charge in [0.1, 0.15) is 0 Å². The molecule has 1 unspecified atom stereocenters. The van der Waals surface area contributed by atoms with Crippen LogP contribution >= 0.6 is 15.9 Å². The Hall–Kier alpha value is -1.06. The van der Waals surface area contributed by atoms with E-state index in [0.29, 0.717) is 12.8 Å². The van der Waals surface area contributed by atoms with Crippen molar-refractivity contribution in [3.8, 4) is 0 Å². The first kappa shape index (κ1) is 12.4. The van der Waals surface area contributed by atoms with Crippen LogP contribution in [0.5, 0.6) is 0 Å². The van der Waals surface area contributed by atoms with Crippen molar-refractivity contribution in [2.24, 2.45) is 0 Å². The number of rotatable bonds is 4. The standard InChI is InChI=1S/C14H15BrO2/c1-2-14(16,9-11-6-7-17-10-11)12-4-3-5-13(15)8-12/h3-8,10,16H,2,9H2,1H3. The minimum absolute atomic E-state index is 0.566. The van der Waals surface area contributed by atoms with Crippen LogP contribution in [0.15, 0.2) is 51.7 Å². The van der Waals surface area contributed by atoms with Gasteiger partial charge in [-0.05, 0) is 35.7 Å². The molecule has 1 aromatic heterocycles. The number of hydrogen-bond acceptors (Lipinski definition) is 2. The topological polar surface area (TPSA) is 33.4 Å². The molecule has 2 rings (SSSR count). The van der Waals surface area contributed by atoms with Gasteiger partial charge >= 0.3 is 0 Å². The summed E-state index contributed by atoms with van der Waals surface area (Å²) in [6, 6.07) is 9.70. The smallest absolute Gasteiger partial charge is 0.0935 e. The molecule has 0 aliphatic carbocycles. The van der Waals surface area contributed by atoms with Crippen molar-refractivity contribution in [3.05, 3.63) is 58.5 Å². The Kier molecular flexibility index (Phi) is 3.69. The summed E-state index contributed by atoms with van der Waals surface area (Å²) in [4.78, 5) is 0. The van der Waals surface area contributed by atoms with Gasteiger partial charge in [-0.25, -0.2) is 0 Å². The van der Waals surface area contributed by atoms with Gasteiger partial charge in [0.2, 0.25) is 0 Å². The first-order chi connectivity index (χ1) is 8.14. The lowest BCUT2D eigenvalue weighted by Crippen LogP contribution is -2.27. The van der Waals surface area contributed by atoms with Gasteiger partial charge in [0.15, 0.2) is 0 Å². The van der Waals surface area contributed by atoms with Crippen molar-refractivity contribution in [1.29, 1.82) is 0 Å². The number of halogens is 1. The Morgan fingerprint density at radius 2 is 2.18 bits per heavy atom. The lowest BCUT2D eigenvalue weighted by atomic mass is 9.86. The van der Waals surface area contributed by atoms with Crippen LogP contribution in [0.25, 0.3) is 0 Å². The molecule has 1 N–H and O–H groups in total. The summed E-state index contributed by atoms with van der Waals surface area (Å²) in [5, 5.41) is 10.7. The normalized spacial score (nSPS) is 14.5. The molecule has 1 aromatic carbocycles. The predicted octanol–water partition coefficient (Wildman–Crippen LogP) is 3.88. The fraction of sp³-hybridized carbons (Fsp3) is 0.286. The van der Waals surface area contributed by atoms with Gasteiger partial charge in [0, 0.05) is 10.9 Å².